The number of likely N-dealkylation sites (tertiary alicyclic amines) is 1. The number of carbonyl (C=O) groups excluding carboxylic acids is 1. The summed E-state index contributed by atoms with van der Waals surface area (Å²) in [5, 5.41) is 9.58. The van der Waals surface area contributed by atoms with Crippen LogP contribution in [0, 0.1) is 17.8 Å². The maximum Gasteiger partial charge on any atom is 0.255 e. The summed E-state index contributed by atoms with van der Waals surface area (Å²) in [5.41, 5.74) is 6.54. The molecule has 1 aliphatic rings. The lowest BCUT2D eigenvalue weighted by Gasteiger charge is -2.17. The lowest BCUT2D eigenvalue weighted by Crippen LogP contribution is -2.30. The summed E-state index contributed by atoms with van der Waals surface area (Å²) >= 11 is 0. The summed E-state index contributed by atoms with van der Waals surface area (Å²) in [6.07, 6.45) is 3.62. The number of aliphatic hydroxyl groups is 1. The largest absolute Gasteiger partial charge is 0.393 e. The zero-order valence-corrected chi connectivity index (χ0v) is 11.5. The van der Waals surface area contributed by atoms with Crippen molar-refractivity contribution in [2.75, 3.05) is 19.6 Å². The number of nitrogens with two attached hydrogens (primary N) is 1. The van der Waals surface area contributed by atoms with Crippen molar-refractivity contribution >= 4 is 5.91 Å². The van der Waals surface area contributed by atoms with E-state index in [0.717, 1.165) is 6.42 Å². The van der Waals surface area contributed by atoms with E-state index in [2.05, 4.69) is 16.8 Å². The van der Waals surface area contributed by atoms with Gasteiger partial charge in [-0.25, -0.2) is 0 Å². The van der Waals surface area contributed by atoms with Crippen molar-refractivity contribution in [3.8, 4) is 11.8 Å². The predicted molar refractivity (Wildman–Crippen MR) is 75.9 cm³/mol. The van der Waals surface area contributed by atoms with E-state index in [1.165, 1.54) is 0 Å². The average molecular weight is 273 g/mol. The molecule has 2 heterocycles. The van der Waals surface area contributed by atoms with Crippen LogP contribution in [0.1, 0.15) is 29.3 Å². The summed E-state index contributed by atoms with van der Waals surface area (Å²) in [4.78, 5) is 18.2. The highest BCUT2D eigenvalue weighted by Gasteiger charge is 2.29. The molecule has 5 heteroatoms. The average Bonchev–Trinajstić information content (AvgIpc) is 2.94. The Hall–Kier alpha value is -1.90. The fraction of sp³-hybridized carbons (Fsp3) is 0.467. The molecular weight excluding hydrogens is 254 g/mol. The van der Waals surface area contributed by atoms with Crippen LogP contribution in [0.2, 0.25) is 0 Å². The molecule has 0 radical (unpaired) electrons. The van der Waals surface area contributed by atoms with E-state index in [1.54, 1.807) is 30.3 Å². The van der Waals surface area contributed by atoms with Gasteiger partial charge in [0.25, 0.3) is 5.91 Å². The van der Waals surface area contributed by atoms with Crippen molar-refractivity contribution in [1.29, 1.82) is 0 Å². The first-order valence-electron chi connectivity index (χ1n) is 6.73. The molecule has 3 N–H and O–H groups in total. The van der Waals surface area contributed by atoms with E-state index in [9.17, 15) is 9.90 Å². The number of hydrogen-bond acceptors (Lipinski definition) is 4. The number of carbonyl (C=O) groups is 1. The molecule has 1 fully saturated rings. The first-order valence-corrected chi connectivity index (χ1v) is 6.73. The molecule has 0 saturated carbocycles. The van der Waals surface area contributed by atoms with Crippen molar-refractivity contribution in [3.63, 3.8) is 0 Å². The molecule has 0 aromatic carbocycles. The van der Waals surface area contributed by atoms with Gasteiger partial charge in [-0.2, -0.15) is 0 Å². The molecule has 1 aromatic rings. The van der Waals surface area contributed by atoms with E-state index in [-0.39, 0.29) is 24.5 Å². The summed E-state index contributed by atoms with van der Waals surface area (Å²) in [6.45, 7) is 3.31. The van der Waals surface area contributed by atoms with Gasteiger partial charge in [0.2, 0.25) is 0 Å². The molecular formula is C15H19N3O2. The summed E-state index contributed by atoms with van der Waals surface area (Å²) in [7, 11) is 0. The Labute approximate surface area is 118 Å². The van der Waals surface area contributed by atoms with Gasteiger partial charge in [0.05, 0.1) is 18.2 Å². The van der Waals surface area contributed by atoms with Gasteiger partial charge in [-0.05, 0) is 19.4 Å². The molecule has 2 unspecified atom stereocenters. The van der Waals surface area contributed by atoms with Gasteiger partial charge in [0.1, 0.15) is 0 Å². The fourth-order valence-electron chi connectivity index (χ4n) is 2.33. The SMILES string of the molecule is CC(O)C1CCN(C(=O)c2cncc(C#CCN)c2)C1. The molecule has 106 valence electrons. The van der Waals surface area contributed by atoms with Crippen LogP contribution >= 0.6 is 0 Å². The van der Waals surface area contributed by atoms with Crippen LogP contribution in [0.15, 0.2) is 18.5 Å². The standard InChI is InChI=1S/C15H19N3O2/c1-11(19)13-4-6-18(10-13)15(20)14-7-12(3-2-5-16)8-17-9-14/h7-9,11,13,19H,4-6,10,16H2,1H3. The van der Waals surface area contributed by atoms with E-state index in [0.29, 0.717) is 24.2 Å². The number of hydrogen-bond donors (Lipinski definition) is 2. The Morgan fingerprint density at radius 1 is 1.65 bits per heavy atom. The van der Waals surface area contributed by atoms with Crippen LogP contribution < -0.4 is 5.73 Å². The minimum atomic E-state index is -0.382. The highest BCUT2D eigenvalue weighted by atomic mass is 16.3. The molecule has 1 aliphatic heterocycles. The first-order chi connectivity index (χ1) is 9.61. The molecule has 2 atom stereocenters. The van der Waals surface area contributed by atoms with Gasteiger partial charge in [-0.1, -0.05) is 11.8 Å². The number of aromatic nitrogens is 1. The van der Waals surface area contributed by atoms with Crippen LogP contribution in [0.3, 0.4) is 0 Å². The second-order valence-corrected chi connectivity index (χ2v) is 5.01. The second-order valence-electron chi connectivity index (χ2n) is 5.01. The van der Waals surface area contributed by atoms with E-state index < -0.39 is 0 Å². The fourth-order valence-corrected chi connectivity index (χ4v) is 2.33. The van der Waals surface area contributed by atoms with Gasteiger partial charge in [-0.15, -0.1) is 0 Å². The van der Waals surface area contributed by atoms with Gasteiger partial charge in [0.15, 0.2) is 0 Å². The Morgan fingerprint density at radius 2 is 2.45 bits per heavy atom. The van der Waals surface area contributed by atoms with E-state index in [1.807, 2.05) is 0 Å². The Morgan fingerprint density at radius 3 is 3.10 bits per heavy atom. The van der Waals surface area contributed by atoms with E-state index in [4.69, 9.17) is 5.73 Å². The normalized spacial score (nSPS) is 19.4. The predicted octanol–water partition coefficient (Wildman–Crippen LogP) is 0.235. The quantitative estimate of drug-likeness (QED) is 0.756. The van der Waals surface area contributed by atoms with Crippen LogP contribution in [0.5, 0.6) is 0 Å². The number of amides is 1. The number of aliphatic hydroxyl groups excluding tert-OH is 1. The summed E-state index contributed by atoms with van der Waals surface area (Å²) in [6, 6.07) is 1.73. The molecule has 1 amide bonds. The van der Waals surface area contributed by atoms with Crippen molar-refractivity contribution in [3.05, 3.63) is 29.6 Å². The highest BCUT2D eigenvalue weighted by Crippen LogP contribution is 2.21. The van der Waals surface area contributed by atoms with Crippen molar-refractivity contribution in [2.24, 2.45) is 11.7 Å². The third-order valence-corrected chi connectivity index (χ3v) is 3.51. The Balaban J connectivity index is 2.10. The van der Waals surface area contributed by atoms with Crippen LogP contribution in [-0.2, 0) is 0 Å². The topological polar surface area (TPSA) is 79.5 Å². The minimum Gasteiger partial charge on any atom is -0.393 e. The second kappa shape index (κ2) is 6.51. The molecule has 5 nitrogen and oxygen atoms in total. The molecule has 0 bridgehead atoms. The molecule has 0 spiro atoms. The smallest absolute Gasteiger partial charge is 0.255 e. The van der Waals surface area contributed by atoms with Gasteiger partial charge < -0.3 is 15.7 Å². The van der Waals surface area contributed by atoms with Crippen LogP contribution in [-0.4, -0.2) is 46.6 Å². The molecule has 20 heavy (non-hydrogen) atoms. The number of rotatable bonds is 2. The zero-order valence-electron chi connectivity index (χ0n) is 11.5. The maximum absolute atomic E-state index is 12.4. The number of nitrogens with zero attached hydrogens (tertiary/aromatic N) is 2. The third kappa shape index (κ3) is 3.35. The molecule has 2 rings (SSSR count). The minimum absolute atomic E-state index is 0.0583. The van der Waals surface area contributed by atoms with Gasteiger partial charge in [-0.3, -0.25) is 9.78 Å². The maximum atomic E-state index is 12.4. The lowest BCUT2D eigenvalue weighted by atomic mass is 10.0. The number of pyridine rings is 1. The lowest BCUT2D eigenvalue weighted by molar-refractivity contribution is 0.0762. The van der Waals surface area contributed by atoms with Crippen molar-refractivity contribution in [2.45, 2.75) is 19.4 Å². The Bertz CT molecular complexity index is 546. The highest BCUT2D eigenvalue weighted by molar-refractivity contribution is 5.94. The van der Waals surface area contributed by atoms with Crippen molar-refractivity contribution in [1.82, 2.24) is 9.88 Å². The molecule has 1 saturated heterocycles. The zero-order chi connectivity index (χ0) is 14.5. The van der Waals surface area contributed by atoms with E-state index >= 15 is 0 Å². The van der Waals surface area contributed by atoms with Crippen LogP contribution in [0.4, 0.5) is 0 Å². The van der Waals surface area contributed by atoms with Crippen molar-refractivity contribution < 1.29 is 9.90 Å². The Kier molecular flexibility index (Phi) is 4.72. The third-order valence-electron chi connectivity index (χ3n) is 3.51. The van der Waals surface area contributed by atoms with Crippen LogP contribution in [0.25, 0.3) is 0 Å². The first kappa shape index (κ1) is 14.5. The van der Waals surface area contributed by atoms with Gasteiger partial charge >= 0.3 is 0 Å². The molecule has 0 aliphatic carbocycles. The summed E-state index contributed by atoms with van der Waals surface area (Å²) in [5.74, 6) is 5.71. The summed E-state index contributed by atoms with van der Waals surface area (Å²) < 4.78 is 0. The van der Waals surface area contributed by atoms with Gasteiger partial charge in [0, 0.05) is 37.0 Å². The molecule has 1 aromatic heterocycles. The monoisotopic (exact) mass is 273 g/mol.